The number of rotatable bonds is 5. The van der Waals surface area contributed by atoms with Crippen LogP contribution in [-0.2, 0) is 4.79 Å². The second-order valence-corrected chi connectivity index (χ2v) is 6.70. The third-order valence-corrected chi connectivity index (χ3v) is 4.96. The maximum Gasteiger partial charge on any atom is 0.271 e. The van der Waals surface area contributed by atoms with Gasteiger partial charge in [-0.15, -0.1) is 0 Å². The normalized spacial score (nSPS) is 16.0. The van der Waals surface area contributed by atoms with Gasteiger partial charge in [-0.25, -0.2) is 4.98 Å². The van der Waals surface area contributed by atoms with Gasteiger partial charge in [0.05, 0.1) is 21.7 Å². The first-order chi connectivity index (χ1) is 13.0. The van der Waals surface area contributed by atoms with Crippen LogP contribution in [0.3, 0.4) is 0 Å². The molecule has 3 rings (SSSR count). The van der Waals surface area contributed by atoms with Crippen LogP contribution in [0, 0.1) is 10.1 Å². The zero-order valence-electron chi connectivity index (χ0n) is 14.8. The number of nitro benzene ring substituents is 1. The number of nitro groups is 1. The SMILES string of the molecule is CC(C(=O)Nc1cc([N+](=O)[O-])ccc1Cl)N1CCN(c2ccccn2)CC1. The quantitative estimate of drug-likeness (QED) is 0.624. The highest BCUT2D eigenvalue weighted by Gasteiger charge is 2.26. The number of benzene rings is 1. The molecule has 1 amide bonds. The smallest absolute Gasteiger partial charge is 0.271 e. The van der Waals surface area contributed by atoms with E-state index in [9.17, 15) is 14.9 Å². The van der Waals surface area contributed by atoms with Gasteiger partial charge >= 0.3 is 0 Å². The van der Waals surface area contributed by atoms with E-state index in [1.54, 1.807) is 6.20 Å². The van der Waals surface area contributed by atoms with Crippen LogP contribution in [0.2, 0.25) is 5.02 Å². The highest BCUT2D eigenvalue weighted by Crippen LogP contribution is 2.27. The van der Waals surface area contributed by atoms with E-state index in [4.69, 9.17) is 11.6 Å². The van der Waals surface area contributed by atoms with Crippen LogP contribution in [0.4, 0.5) is 17.2 Å². The van der Waals surface area contributed by atoms with Crippen LogP contribution in [-0.4, -0.2) is 52.9 Å². The molecule has 1 aromatic heterocycles. The Bertz CT molecular complexity index is 825. The van der Waals surface area contributed by atoms with E-state index in [1.165, 1.54) is 18.2 Å². The Labute approximate surface area is 161 Å². The molecule has 142 valence electrons. The molecule has 0 saturated carbocycles. The molecule has 0 radical (unpaired) electrons. The molecule has 1 fully saturated rings. The molecule has 1 aliphatic rings. The second-order valence-electron chi connectivity index (χ2n) is 6.30. The summed E-state index contributed by atoms with van der Waals surface area (Å²) in [4.78, 5) is 31.6. The van der Waals surface area contributed by atoms with Crippen molar-refractivity contribution >= 4 is 34.7 Å². The van der Waals surface area contributed by atoms with Crippen molar-refractivity contribution in [1.82, 2.24) is 9.88 Å². The summed E-state index contributed by atoms with van der Waals surface area (Å²) in [5, 5.41) is 13.9. The van der Waals surface area contributed by atoms with E-state index >= 15 is 0 Å². The van der Waals surface area contributed by atoms with Gasteiger partial charge in [-0.05, 0) is 25.1 Å². The highest BCUT2D eigenvalue weighted by atomic mass is 35.5. The molecule has 1 atom stereocenters. The van der Waals surface area contributed by atoms with Crippen LogP contribution in [0.1, 0.15) is 6.92 Å². The van der Waals surface area contributed by atoms with Crippen molar-refractivity contribution in [3.8, 4) is 0 Å². The zero-order chi connectivity index (χ0) is 19.4. The van der Waals surface area contributed by atoms with E-state index in [-0.39, 0.29) is 28.3 Å². The molecule has 1 aromatic carbocycles. The second kappa shape index (κ2) is 8.32. The third-order valence-electron chi connectivity index (χ3n) is 4.63. The van der Waals surface area contributed by atoms with Crippen molar-refractivity contribution in [3.05, 3.63) is 57.7 Å². The van der Waals surface area contributed by atoms with Gasteiger partial charge < -0.3 is 10.2 Å². The van der Waals surface area contributed by atoms with Gasteiger partial charge in [-0.1, -0.05) is 17.7 Å². The predicted molar refractivity (Wildman–Crippen MR) is 104 cm³/mol. The van der Waals surface area contributed by atoms with Crippen molar-refractivity contribution in [2.24, 2.45) is 0 Å². The van der Waals surface area contributed by atoms with Crippen LogP contribution in [0.5, 0.6) is 0 Å². The predicted octanol–water partition coefficient (Wildman–Crippen LogP) is 2.79. The maximum absolute atomic E-state index is 12.6. The number of anilines is 2. The Morgan fingerprint density at radius 3 is 2.63 bits per heavy atom. The number of non-ortho nitro benzene ring substituents is 1. The molecule has 2 aromatic rings. The van der Waals surface area contributed by atoms with E-state index < -0.39 is 4.92 Å². The van der Waals surface area contributed by atoms with E-state index in [0.717, 1.165) is 18.9 Å². The highest BCUT2D eigenvalue weighted by molar-refractivity contribution is 6.33. The molecule has 27 heavy (non-hydrogen) atoms. The number of pyridine rings is 1. The van der Waals surface area contributed by atoms with Crippen molar-refractivity contribution in [3.63, 3.8) is 0 Å². The number of aromatic nitrogens is 1. The lowest BCUT2D eigenvalue weighted by Crippen LogP contribution is -2.53. The van der Waals surface area contributed by atoms with Crippen molar-refractivity contribution < 1.29 is 9.72 Å². The van der Waals surface area contributed by atoms with Gasteiger partial charge in [-0.2, -0.15) is 0 Å². The molecule has 1 unspecified atom stereocenters. The number of nitrogens with zero attached hydrogens (tertiary/aromatic N) is 4. The number of hydrogen-bond donors (Lipinski definition) is 1. The molecule has 1 N–H and O–H groups in total. The number of carbonyl (C=O) groups excluding carboxylic acids is 1. The lowest BCUT2D eigenvalue weighted by atomic mass is 10.2. The van der Waals surface area contributed by atoms with Crippen LogP contribution < -0.4 is 10.2 Å². The fourth-order valence-corrected chi connectivity index (χ4v) is 3.17. The van der Waals surface area contributed by atoms with Gasteiger partial charge in [0.1, 0.15) is 5.82 Å². The first kappa shape index (κ1) is 19.1. The average Bonchev–Trinajstić information content (AvgIpc) is 2.69. The minimum Gasteiger partial charge on any atom is -0.354 e. The first-order valence-electron chi connectivity index (χ1n) is 8.60. The van der Waals surface area contributed by atoms with Gasteiger partial charge in [0.25, 0.3) is 5.69 Å². The topological polar surface area (TPSA) is 91.6 Å². The minimum absolute atomic E-state index is 0.119. The molecule has 9 heteroatoms. The molecule has 0 aliphatic carbocycles. The van der Waals surface area contributed by atoms with Crippen LogP contribution in [0.15, 0.2) is 42.6 Å². The molecule has 0 spiro atoms. The van der Waals surface area contributed by atoms with Crippen LogP contribution in [0.25, 0.3) is 0 Å². The number of hydrogen-bond acceptors (Lipinski definition) is 6. The Hall–Kier alpha value is -2.71. The number of nitrogens with one attached hydrogen (secondary N) is 1. The van der Waals surface area contributed by atoms with Gasteiger partial charge in [0, 0.05) is 44.5 Å². The van der Waals surface area contributed by atoms with Crippen molar-refractivity contribution in [2.45, 2.75) is 13.0 Å². The molecular formula is C18H20ClN5O3. The van der Waals surface area contributed by atoms with Crippen LogP contribution >= 0.6 is 11.6 Å². The third kappa shape index (κ3) is 4.53. The van der Waals surface area contributed by atoms with Crippen molar-refractivity contribution in [1.29, 1.82) is 0 Å². The Balaban J connectivity index is 1.60. The molecular weight excluding hydrogens is 370 g/mol. The van der Waals surface area contributed by atoms with Crippen molar-refractivity contribution in [2.75, 3.05) is 36.4 Å². The summed E-state index contributed by atoms with van der Waals surface area (Å²) in [5.41, 5.74) is 0.126. The van der Waals surface area contributed by atoms with E-state index in [2.05, 4.69) is 20.1 Å². The maximum atomic E-state index is 12.6. The van der Waals surface area contributed by atoms with Gasteiger partial charge in [-0.3, -0.25) is 19.8 Å². The van der Waals surface area contributed by atoms with Gasteiger partial charge in [0.2, 0.25) is 5.91 Å². The lowest BCUT2D eigenvalue weighted by Gasteiger charge is -2.37. The fraction of sp³-hybridized carbons (Fsp3) is 0.333. The summed E-state index contributed by atoms with van der Waals surface area (Å²) < 4.78 is 0. The first-order valence-corrected chi connectivity index (χ1v) is 8.98. The molecule has 2 heterocycles. The Kier molecular flexibility index (Phi) is 5.88. The number of carbonyl (C=O) groups is 1. The zero-order valence-corrected chi connectivity index (χ0v) is 15.6. The Morgan fingerprint density at radius 1 is 1.26 bits per heavy atom. The fourth-order valence-electron chi connectivity index (χ4n) is 3.00. The monoisotopic (exact) mass is 389 g/mol. The summed E-state index contributed by atoms with van der Waals surface area (Å²) in [5.74, 6) is 0.682. The Morgan fingerprint density at radius 2 is 2.00 bits per heavy atom. The van der Waals surface area contributed by atoms with E-state index in [1.807, 2.05) is 25.1 Å². The lowest BCUT2D eigenvalue weighted by molar-refractivity contribution is -0.384. The van der Waals surface area contributed by atoms with Gasteiger partial charge in [0.15, 0.2) is 0 Å². The average molecular weight is 390 g/mol. The standard InChI is InChI=1S/C18H20ClN5O3/c1-13(18(25)21-16-12-14(24(26)27)5-6-15(16)19)22-8-10-23(11-9-22)17-4-2-3-7-20-17/h2-7,12-13H,8-11H2,1H3,(H,21,25). The number of amides is 1. The summed E-state index contributed by atoms with van der Waals surface area (Å²) >= 11 is 6.06. The number of halogens is 1. The summed E-state index contributed by atoms with van der Waals surface area (Å²) in [6.07, 6.45) is 1.76. The van der Waals surface area contributed by atoms with E-state index in [0.29, 0.717) is 13.1 Å². The molecule has 0 bridgehead atoms. The summed E-state index contributed by atoms with van der Waals surface area (Å²) in [7, 11) is 0. The molecule has 1 aliphatic heterocycles. The molecule has 8 nitrogen and oxygen atoms in total. The summed E-state index contributed by atoms with van der Waals surface area (Å²) in [6.45, 7) is 4.79. The largest absolute Gasteiger partial charge is 0.354 e. The summed E-state index contributed by atoms with van der Waals surface area (Å²) in [6, 6.07) is 9.40. The molecule has 1 saturated heterocycles. The number of piperazine rings is 1. The minimum atomic E-state index is -0.522.